The Balaban J connectivity index is 1.38. The minimum atomic E-state index is -3.97. The normalized spacial score (nSPS) is 25.7. The van der Waals surface area contributed by atoms with Crippen molar-refractivity contribution >= 4 is 44.4 Å². The van der Waals surface area contributed by atoms with E-state index in [9.17, 15) is 31.5 Å². The number of benzene rings is 2. The Morgan fingerprint density at radius 3 is 2.37 bits per heavy atom. The highest BCUT2D eigenvalue weighted by molar-refractivity contribution is 7.92. The van der Waals surface area contributed by atoms with Gasteiger partial charge < -0.3 is 10.4 Å². The molecule has 0 saturated heterocycles. The van der Waals surface area contributed by atoms with Crippen molar-refractivity contribution in [3.8, 4) is 0 Å². The molecule has 1 heterocycles. The van der Waals surface area contributed by atoms with E-state index in [0.29, 0.717) is 23.6 Å². The first-order chi connectivity index (χ1) is 16.5. The number of carbonyl (C=O) groups excluding carboxylic acids is 1. The topological polar surface area (TPSA) is 96.4 Å². The third kappa shape index (κ3) is 3.94. The Labute approximate surface area is 207 Å². The summed E-state index contributed by atoms with van der Waals surface area (Å²) in [7, 11) is -3.97. The van der Waals surface area contributed by atoms with Crippen LogP contribution in [0.2, 0.25) is 5.02 Å². The Bertz CT molecular complexity index is 1400. The van der Waals surface area contributed by atoms with Crippen LogP contribution in [-0.4, -0.2) is 29.7 Å². The molecule has 3 aromatic rings. The molecule has 184 valence electrons. The molecule has 6 nitrogen and oxygen atoms in total. The van der Waals surface area contributed by atoms with Crippen LogP contribution in [0.5, 0.6) is 0 Å². The molecule has 3 aliphatic carbocycles. The second-order valence-corrected chi connectivity index (χ2v) is 12.3. The first-order valence-corrected chi connectivity index (χ1v) is 13.4. The number of hydrogen-bond acceptors (Lipinski definition) is 6. The van der Waals surface area contributed by atoms with Gasteiger partial charge in [-0.15, -0.1) is 11.3 Å². The van der Waals surface area contributed by atoms with Crippen LogP contribution in [-0.2, 0) is 15.4 Å². The first-order valence-electron chi connectivity index (χ1n) is 10.6. The highest BCUT2D eigenvalue weighted by atomic mass is 35.5. The number of nitrogens with one attached hydrogen (secondary N) is 1. The SMILES string of the molecule is O=C(Nc1cc(F)c(F)c(F)c1)c1ccc(Cl)c(S(=O)(=O)C2CC3CC(C2)C3(O)c2nccs2)c1. The average Bonchev–Trinajstić information content (AvgIpc) is 3.37. The number of rotatable bonds is 5. The number of aliphatic hydroxyl groups is 1. The summed E-state index contributed by atoms with van der Waals surface area (Å²) in [5, 5.41) is 14.9. The summed E-state index contributed by atoms with van der Waals surface area (Å²) >= 11 is 7.53. The average molecular weight is 543 g/mol. The molecule has 3 aliphatic rings. The maximum Gasteiger partial charge on any atom is 0.255 e. The van der Waals surface area contributed by atoms with Crippen LogP contribution in [0.15, 0.2) is 46.8 Å². The Hall–Kier alpha value is -2.47. The number of nitrogens with zero attached hydrogens (tertiary/aromatic N) is 1. The van der Waals surface area contributed by atoms with E-state index < -0.39 is 44.0 Å². The molecule has 2 N–H and O–H groups in total. The van der Waals surface area contributed by atoms with E-state index in [2.05, 4.69) is 10.3 Å². The molecule has 12 heteroatoms. The molecule has 0 spiro atoms. The van der Waals surface area contributed by atoms with Crippen molar-refractivity contribution in [3.05, 3.63) is 75.0 Å². The Morgan fingerprint density at radius 2 is 1.77 bits per heavy atom. The van der Waals surface area contributed by atoms with Gasteiger partial charge in [-0.2, -0.15) is 0 Å². The maximum absolute atomic E-state index is 13.5. The number of fused-ring (bicyclic) bond motifs is 2. The van der Waals surface area contributed by atoms with Crippen LogP contribution in [0.3, 0.4) is 0 Å². The lowest BCUT2D eigenvalue weighted by atomic mass is 9.54. The van der Waals surface area contributed by atoms with Gasteiger partial charge in [-0.1, -0.05) is 11.6 Å². The lowest BCUT2D eigenvalue weighted by Crippen LogP contribution is -2.59. The van der Waals surface area contributed by atoms with E-state index in [0.717, 1.165) is 6.07 Å². The van der Waals surface area contributed by atoms with E-state index in [1.54, 1.807) is 11.6 Å². The molecular weight excluding hydrogens is 525 g/mol. The van der Waals surface area contributed by atoms with E-state index in [4.69, 9.17) is 11.6 Å². The summed E-state index contributed by atoms with van der Waals surface area (Å²) in [6, 6.07) is 4.86. The highest BCUT2D eigenvalue weighted by Gasteiger charge is 2.62. The van der Waals surface area contributed by atoms with Gasteiger partial charge in [0.05, 0.1) is 15.2 Å². The minimum Gasteiger partial charge on any atom is -0.382 e. The van der Waals surface area contributed by atoms with Crippen molar-refractivity contribution in [1.82, 2.24) is 4.98 Å². The van der Waals surface area contributed by atoms with Gasteiger partial charge in [-0.05, 0) is 49.3 Å². The lowest BCUT2D eigenvalue weighted by Gasteiger charge is -2.57. The van der Waals surface area contributed by atoms with Gasteiger partial charge in [0.2, 0.25) is 0 Å². The summed E-state index contributed by atoms with van der Waals surface area (Å²) in [6.07, 6.45) is 2.74. The lowest BCUT2D eigenvalue weighted by molar-refractivity contribution is -0.184. The van der Waals surface area contributed by atoms with Gasteiger partial charge in [0.15, 0.2) is 27.3 Å². The molecule has 2 unspecified atom stereocenters. The van der Waals surface area contributed by atoms with Crippen molar-refractivity contribution in [3.63, 3.8) is 0 Å². The number of hydrogen-bond donors (Lipinski definition) is 2. The second-order valence-electron chi connectivity index (χ2n) is 8.78. The van der Waals surface area contributed by atoms with E-state index in [1.165, 1.54) is 23.5 Å². The van der Waals surface area contributed by atoms with Crippen LogP contribution in [0.25, 0.3) is 0 Å². The number of aromatic nitrogens is 1. The van der Waals surface area contributed by atoms with Crippen LogP contribution < -0.4 is 5.32 Å². The summed E-state index contributed by atoms with van der Waals surface area (Å²) in [5.41, 5.74) is -1.58. The smallest absolute Gasteiger partial charge is 0.255 e. The number of amides is 1. The number of sulfone groups is 1. The number of halogens is 4. The zero-order chi connectivity index (χ0) is 25.1. The van der Waals surface area contributed by atoms with Gasteiger partial charge in [-0.3, -0.25) is 4.79 Å². The van der Waals surface area contributed by atoms with Crippen LogP contribution in [0, 0.1) is 29.3 Å². The monoisotopic (exact) mass is 542 g/mol. The minimum absolute atomic E-state index is 0.0742. The van der Waals surface area contributed by atoms with E-state index >= 15 is 0 Å². The van der Waals surface area contributed by atoms with E-state index in [-0.39, 0.29) is 45.8 Å². The third-order valence-electron chi connectivity index (χ3n) is 6.86. The maximum atomic E-state index is 13.5. The standard InChI is InChI=1S/C23H18ClF3N2O4S2/c24-16-2-1-11(21(30)29-14-9-17(25)20(27)18(26)10-14)5-19(16)35(32,33)15-7-12-6-13(8-15)23(12,31)22-28-3-4-34-22/h1-5,9-10,12-13,15,31H,6-8H2,(H,29,30). The van der Waals surface area contributed by atoms with Gasteiger partial charge >= 0.3 is 0 Å². The summed E-state index contributed by atoms with van der Waals surface area (Å²) in [4.78, 5) is 16.6. The summed E-state index contributed by atoms with van der Waals surface area (Å²) in [5.74, 6) is -6.01. The molecule has 3 saturated carbocycles. The molecule has 1 aromatic heterocycles. The van der Waals surface area contributed by atoms with Crippen molar-refractivity contribution < 1.29 is 31.5 Å². The van der Waals surface area contributed by atoms with Gasteiger partial charge in [-0.25, -0.2) is 26.6 Å². The van der Waals surface area contributed by atoms with Gasteiger partial charge in [0.1, 0.15) is 10.6 Å². The summed E-state index contributed by atoms with van der Waals surface area (Å²) in [6.45, 7) is 0. The molecular formula is C23H18ClF3N2O4S2. The quantitative estimate of drug-likeness (QED) is 0.446. The van der Waals surface area contributed by atoms with Crippen molar-refractivity contribution in [2.24, 2.45) is 11.8 Å². The fourth-order valence-corrected chi connectivity index (χ4v) is 8.35. The van der Waals surface area contributed by atoms with Crippen molar-refractivity contribution in [1.29, 1.82) is 0 Å². The largest absolute Gasteiger partial charge is 0.382 e. The predicted octanol–water partition coefficient (Wildman–Crippen LogP) is 4.93. The molecule has 2 bridgehead atoms. The summed E-state index contributed by atoms with van der Waals surface area (Å²) < 4.78 is 67.1. The fraction of sp³-hybridized carbons (Fsp3) is 0.304. The molecule has 2 atom stereocenters. The second kappa shape index (κ2) is 8.58. The Kier molecular flexibility index (Phi) is 5.94. The van der Waals surface area contributed by atoms with Crippen molar-refractivity contribution in [2.75, 3.05) is 5.32 Å². The van der Waals surface area contributed by atoms with Gasteiger partial charge in [0.25, 0.3) is 5.91 Å². The number of anilines is 1. The molecule has 0 aliphatic heterocycles. The molecule has 3 fully saturated rings. The Morgan fingerprint density at radius 1 is 1.11 bits per heavy atom. The van der Waals surface area contributed by atoms with Crippen LogP contribution >= 0.6 is 22.9 Å². The first kappa shape index (κ1) is 24.2. The zero-order valence-electron chi connectivity index (χ0n) is 17.8. The number of carbonyl (C=O) groups is 1. The highest BCUT2D eigenvalue weighted by Crippen LogP contribution is 2.60. The molecule has 2 aromatic carbocycles. The fourth-order valence-electron chi connectivity index (χ4n) is 5.06. The number of thiazole rings is 1. The van der Waals surface area contributed by atoms with Gasteiger partial charge in [0, 0.05) is 35.0 Å². The molecule has 1 amide bonds. The third-order valence-corrected chi connectivity index (χ3v) is 10.4. The van der Waals surface area contributed by atoms with Crippen LogP contribution in [0.1, 0.15) is 34.6 Å². The molecule has 35 heavy (non-hydrogen) atoms. The predicted molar refractivity (Wildman–Crippen MR) is 124 cm³/mol. The zero-order valence-corrected chi connectivity index (χ0v) is 20.2. The van der Waals surface area contributed by atoms with Crippen LogP contribution in [0.4, 0.5) is 18.9 Å². The molecule has 0 radical (unpaired) electrons. The van der Waals surface area contributed by atoms with E-state index in [1.807, 2.05) is 0 Å². The van der Waals surface area contributed by atoms with Crippen molar-refractivity contribution in [2.45, 2.75) is 35.0 Å². The molecule has 6 rings (SSSR count).